The number of halogens is 1. The number of aromatic nitrogens is 2. The number of para-hydroxylation sites is 1. The maximum absolute atomic E-state index is 13.2. The second kappa shape index (κ2) is 9.31. The van der Waals surface area contributed by atoms with Gasteiger partial charge in [0, 0.05) is 47.7 Å². The van der Waals surface area contributed by atoms with Crippen molar-refractivity contribution in [2.45, 2.75) is 26.2 Å². The van der Waals surface area contributed by atoms with Crippen LogP contribution in [0.15, 0.2) is 72.8 Å². The van der Waals surface area contributed by atoms with Crippen molar-refractivity contribution in [2.75, 3.05) is 31.1 Å². The molecular weight excluding hydrogens is 456 g/mol. The largest absolute Gasteiger partial charge is 0.352 e. The molecule has 2 heterocycles. The van der Waals surface area contributed by atoms with Crippen LogP contribution in [-0.2, 0) is 5.41 Å². The molecule has 5 nitrogen and oxygen atoms in total. The molecule has 0 unspecified atom stereocenters. The van der Waals surface area contributed by atoms with Gasteiger partial charge in [0.25, 0.3) is 5.91 Å². The minimum Gasteiger partial charge on any atom is -0.352 e. The number of fused-ring (bicyclic) bond motifs is 1. The number of nitrogens with zero attached hydrogens (tertiary/aromatic N) is 4. The van der Waals surface area contributed by atoms with E-state index in [1.807, 2.05) is 59.5 Å². The Labute approximate surface area is 211 Å². The molecule has 0 aliphatic carbocycles. The monoisotopic (exact) mass is 484 g/mol. The molecule has 1 amide bonds. The van der Waals surface area contributed by atoms with Gasteiger partial charge >= 0.3 is 0 Å². The van der Waals surface area contributed by atoms with Crippen molar-refractivity contribution in [1.82, 2.24) is 14.9 Å². The summed E-state index contributed by atoms with van der Waals surface area (Å²) in [6.07, 6.45) is 0. The number of carbonyl (C=O) groups excluding carboxylic acids is 1. The second-order valence-corrected chi connectivity index (χ2v) is 10.4. The van der Waals surface area contributed by atoms with E-state index in [1.54, 1.807) is 0 Å². The van der Waals surface area contributed by atoms with Crippen molar-refractivity contribution < 1.29 is 4.79 Å². The Bertz CT molecular complexity index is 1350. The Kier molecular flexibility index (Phi) is 6.20. The van der Waals surface area contributed by atoms with Gasteiger partial charge in [0.15, 0.2) is 5.82 Å². The molecule has 3 aromatic carbocycles. The fourth-order valence-corrected chi connectivity index (χ4v) is 4.57. The summed E-state index contributed by atoms with van der Waals surface area (Å²) in [6.45, 7) is 9.26. The highest BCUT2D eigenvalue weighted by molar-refractivity contribution is 6.30. The minimum atomic E-state index is 0.0678. The highest BCUT2D eigenvalue weighted by Gasteiger charge is 2.25. The fraction of sp³-hybridized carbons (Fsp3) is 0.276. The van der Waals surface area contributed by atoms with E-state index in [2.05, 4.69) is 43.9 Å². The van der Waals surface area contributed by atoms with Crippen LogP contribution in [0.1, 0.15) is 36.7 Å². The Hall–Kier alpha value is -3.44. The standard InChI is InChI=1S/C29H29ClN4O/c1-29(2,3)22-12-8-21(9-13-22)28(35)34-18-16-33(17-19-34)27-24-6-4-5-7-25(24)31-26(32-27)20-10-14-23(30)15-11-20/h4-15H,16-19H2,1-3H3. The molecule has 1 aliphatic rings. The molecule has 35 heavy (non-hydrogen) atoms. The minimum absolute atomic E-state index is 0.0678. The van der Waals surface area contributed by atoms with Gasteiger partial charge in [-0.05, 0) is 59.5 Å². The predicted octanol–water partition coefficient (Wildman–Crippen LogP) is 6.21. The Morgan fingerprint density at radius 1 is 0.829 bits per heavy atom. The average molecular weight is 485 g/mol. The highest BCUT2D eigenvalue weighted by Crippen LogP contribution is 2.29. The molecular formula is C29H29ClN4O. The van der Waals surface area contributed by atoms with Crippen LogP contribution in [0.25, 0.3) is 22.3 Å². The first-order valence-corrected chi connectivity index (χ1v) is 12.3. The normalized spacial score (nSPS) is 14.4. The smallest absolute Gasteiger partial charge is 0.253 e. The molecule has 0 N–H and O–H groups in total. The number of anilines is 1. The van der Waals surface area contributed by atoms with Gasteiger partial charge in [-0.15, -0.1) is 0 Å². The van der Waals surface area contributed by atoms with E-state index >= 15 is 0 Å². The number of amides is 1. The SMILES string of the molecule is CC(C)(C)c1ccc(C(=O)N2CCN(c3nc(-c4ccc(Cl)cc4)nc4ccccc34)CC2)cc1. The molecule has 4 aromatic rings. The van der Waals surface area contributed by atoms with Gasteiger partial charge in [-0.25, -0.2) is 9.97 Å². The first-order valence-electron chi connectivity index (χ1n) is 12.0. The van der Waals surface area contributed by atoms with E-state index in [-0.39, 0.29) is 11.3 Å². The van der Waals surface area contributed by atoms with E-state index in [1.165, 1.54) is 5.56 Å². The van der Waals surface area contributed by atoms with Crippen LogP contribution >= 0.6 is 11.6 Å². The topological polar surface area (TPSA) is 49.3 Å². The third-order valence-electron chi connectivity index (χ3n) is 6.55. The summed E-state index contributed by atoms with van der Waals surface area (Å²) >= 11 is 6.08. The lowest BCUT2D eigenvalue weighted by Gasteiger charge is -2.36. The summed E-state index contributed by atoms with van der Waals surface area (Å²) in [6, 6.07) is 23.7. The number of piperazine rings is 1. The van der Waals surface area contributed by atoms with Crippen LogP contribution in [0.4, 0.5) is 5.82 Å². The van der Waals surface area contributed by atoms with E-state index < -0.39 is 0 Å². The predicted molar refractivity (Wildman–Crippen MR) is 143 cm³/mol. The average Bonchev–Trinajstić information content (AvgIpc) is 2.88. The molecule has 178 valence electrons. The first-order chi connectivity index (χ1) is 16.8. The van der Waals surface area contributed by atoms with E-state index in [4.69, 9.17) is 21.6 Å². The lowest BCUT2D eigenvalue weighted by Crippen LogP contribution is -2.49. The Balaban J connectivity index is 1.37. The molecule has 1 aromatic heterocycles. The molecule has 0 atom stereocenters. The highest BCUT2D eigenvalue weighted by atomic mass is 35.5. The van der Waals surface area contributed by atoms with Gasteiger partial charge in [0.1, 0.15) is 5.82 Å². The van der Waals surface area contributed by atoms with Crippen molar-refractivity contribution in [3.8, 4) is 11.4 Å². The lowest BCUT2D eigenvalue weighted by molar-refractivity contribution is 0.0746. The molecule has 0 radical (unpaired) electrons. The van der Waals surface area contributed by atoms with Crippen LogP contribution in [0.5, 0.6) is 0 Å². The molecule has 1 fully saturated rings. The zero-order valence-electron chi connectivity index (χ0n) is 20.3. The third kappa shape index (κ3) is 4.87. The van der Waals surface area contributed by atoms with Gasteiger partial charge < -0.3 is 9.80 Å². The molecule has 0 spiro atoms. The molecule has 6 heteroatoms. The number of hydrogen-bond donors (Lipinski definition) is 0. The maximum atomic E-state index is 13.2. The second-order valence-electron chi connectivity index (χ2n) is 10.0. The maximum Gasteiger partial charge on any atom is 0.253 e. The van der Waals surface area contributed by atoms with Gasteiger partial charge in [-0.2, -0.15) is 0 Å². The van der Waals surface area contributed by atoms with E-state index in [0.717, 1.165) is 27.8 Å². The van der Waals surface area contributed by atoms with Crippen LogP contribution in [0.3, 0.4) is 0 Å². The van der Waals surface area contributed by atoms with Gasteiger partial charge in [-0.1, -0.05) is 56.6 Å². The zero-order valence-corrected chi connectivity index (χ0v) is 21.1. The molecule has 0 bridgehead atoms. The summed E-state index contributed by atoms with van der Waals surface area (Å²) < 4.78 is 0. The van der Waals surface area contributed by atoms with Crippen LogP contribution in [0.2, 0.25) is 5.02 Å². The lowest BCUT2D eigenvalue weighted by atomic mass is 9.86. The van der Waals surface area contributed by atoms with Crippen LogP contribution in [-0.4, -0.2) is 47.0 Å². The molecule has 5 rings (SSSR count). The summed E-state index contributed by atoms with van der Waals surface area (Å²) in [5.74, 6) is 1.66. The number of benzene rings is 3. The van der Waals surface area contributed by atoms with Crippen molar-refractivity contribution in [3.05, 3.63) is 88.9 Å². The number of carbonyl (C=O) groups is 1. The van der Waals surface area contributed by atoms with Crippen molar-refractivity contribution in [3.63, 3.8) is 0 Å². The quantitative estimate of drug-likeness (QED) is 0.347. The number of rotatable bonds is 3. The summed E-state index contributed by atoms with van der Waals surface area (Å²) in [7, 11) is 0. The molecule has 1 saturated heterocycles. The fourth-order valence-electron chi connectivity index (χ4n) is 4.45. The zero-order chi connectivity index (χ0) is 24.6. The molecule has 0 saturated carbocycles. The first kappa shape index (κ1) is 23.3. The van der Waals surface area contributed by atoms with Gasteiger partial charge in [0.05, 0.1) is 5.52 Å². The van der Waals surface area contributed by atoms with Gasteiger partial charge in [0.2, 0.25) is 0 Å². The van der Waals surface area contributed by atoms with Crippen molar-refractivity contribution in [2.24, 2.45) is 0 Å². The Morgan fingerprint density at radius 2 is 1.49 bits per heavy atom. The van der Waals surface area contributed by atoms with Crippen LogP contribution < -0.4 is 4.90 Å². The summed E-state index contributed by atoms with van der Waals surface area (Å²) in [4.78, 5) is 27.1. The molecule has 1 aliphatic heterocycles. The van der Waals surface area contributed by atoms with Gasteiger partial charge in [-0.3, -0.25) is 4.79 Å². The van der Waals surface area contributed by atoms with E-state index in [0.29, 0.717) is 37.0 Å². The summed E-state index contributed by atoms with van der Waals surface area (Å²) in [5, 5.41) is 1.70. The van der Waals surface area contributed by atoms with E-state index in [9.17, 15) is 4.79 Å². The third-order valence-corrected chi connectivity index (χ3v) is 6.80. The number of hydrogen-bond acceptors (Lipinski definition) is 4. The van der Waals surface area contributed by atoms with Crippen molar-refractivity contribution in [1.29, 1.82) is 0 Å². The van der Waals surface area contributed by atoms with Crippen LogP contribution in [0, 0.1) is 0 Å². The summed E-state index contributed by atoms with van der Waals surface area (Å²) in [5.41, 5.74) is 3.86. The van der Waals surface area contributed by atoms with Crippen molar-refractivity contribution >= 4 is 34.2 Å². The Morgan fingerprint density at radius 3 is 2.14 bits per heavy atom.